The van der Waals surface area contributed by atoms with Crippen molar-refractivity contribution in [2.45, 2.75) is 51.5 Å². The molecule has 0 spiro atoms. The van der Waals surface area contributed by atoms with Crippen molar-refractivity contribution in [3.63, 3.8) is 0 Å². The van der Waals surface area contributed by atoms with Crippen LogP contribution in [0.1, 0.15) is 46.0 Å². The van der Waals surface area contributed by atoms with Gasteiger partial charge in [0, 0.05) is 11.5 Å². The lowest BCUT2D eigenvalue weighted by molar-refractivity contribution is -0.125. The maximum Gasteiger partial charge on any atom is 0.224 e. The molecule has 0 heterocycles. The van der Waals surface area contributed by atoms with Crippen LogP contribution in [-0.4, -0.2) is 18.0 Å². The van der Waals surface area contributed by atoms with E-state index in [2.05, 4.69) is 19.2 Å². The van der Waals surface area contributed by atoms with E-state index in [4.69, 9.17) is 5.73 Å². The molecule has 0 aromatic carbocycles. The van der Waals surface area contributed by atoms with E-state index in [-0.39, 0.29) is 5.54 Å². The van der Waals surface area contributed by atoms with Crippen LogP contribution in [0.15, 0.2) is 0 Å². The van der Waals surface area contributed by atoms with E-state index in [1.54, 1.807) is 0 Å². The zero-order chi connectivity index (χ0) is 12.9. The van der Waals surface area contributed by atoms with Crippen LogP contribution in [0.4, 0.5) is 0 Å². The first-order chi connectivity index (χ1) is 8.59. The fourth-order valence-corrected chi connectivity index (χ4v) is 4.70. The van der Waals surface area contributed by atoms with Crippen molar-refractivity contribution in [1.29, 1.82) is 0 Å². The Kier molecular flexibility index (Phi) is 2.92. The Labute approximate surface area is 110 Å². The molecule has 0 saturated heterocycles. The Morgan fingerprint density at radius 3 is 2.44 bits per heavy atom. The number of amides is 1. The summed E-state index contributed by atoms with van der Waals surface area (Å²) in [7, 11) is 0. The summed E-state index contributed by atoms with van der Waals surface area (Å²) in [6.07, 6.45) is 6.01. The second-order valence-corrected chi connectivity index (χ2v) is 6.96. The zero-order valence-electron chi connectivity index (χ0n) is 11.6. The molecule has 1 amide bonds. The lowest BCUT2D eigenvalue weighted by Crippen LogP contribution is -2.48. The van der Waals surface area contributed by atoms with Crippen molar-refractivity contribution in [1.82, 2.24) is 5.32 Å². The van der Waals surface area contributed by atoms with Crippen molar-refractivity contribution in [3.05, 3.63) is 0 Å². The molecular weight excluding hydrogens is 224 g/mol. The third-order valence-corrected chi connectivity index (χ3v) is 5.94. The van der Waals surface area contributed by atoms with Crippen LogP contribution in [0, 0.1) is 29.6 Å². The van der Waals surface area contributed by atoms with Gasteiger partial charge in [0.15, 0.2) is 0 Å². The van der Waals surface area contributed by atoms with Gasteiger partial charge in [-0.15, -0.1) is 0 Å². The zero-order valence-corrected chi connectivity index (χ0v) is 11.6. The molecule has 3 N–H and O–H groups in total. The Bertz CT molecular complexity index is 340. The molecule has 3 nitrogen and oxygen atoms in total. The molecule has 3 heteroatoms. The summed E-state index contributed by atoms with van der Waals surface area (Å²) in [4.78, 5) is 12.4. The molecule has 5 atom stereocenters. The Morgan fingerprint density at radius 1 is 1.33 bits per heavy atom. The maximum absolute atomic E-state index is 12.4. The molecule has 0 aromatic heterocycles. The Hall–Kier alpha value is -0.570. The topological polar surface area (TPSA) is 55.1 Å². The van der Waals surface area contributed by atoms with Crippen LogP contribution >= 0.6 is 0 Å². The fraction of sp³-hybridized carbons (Fsp3) is 0.933. The molecule has 102 valence electrons. The minimum atomic E-state index is -0.0955. The second kappa shape index (κ2) is 4.22. The normalized spacial score (nSPS) is 43.4. The largest absolute Gasteiger partial charge is 0.351 e. The van der Waals surface area contributed by atoms with Gasteiger partial charge in [0.2, 0.25) is 5.91 Å². The fourth-order valence-electron chi connectivity index (χ4n) is 4.70. The van der Waals surface area contributed by atoms with Crippen molar-refractivity contribution < 1.29 is 4.79 Å². The van der Waals surface area contributed by atoms with Crippen molar-refractivity contribution in [2.24, 2.45) is 35.3 Å². The van der Waals surface area contributed by atoms with Crippen LogP contribution in [0.2, 0.25) is 0 Å². The highest BCUT2D eigenvalue weighted by Gasteiger charge is 2.67. The van der Waals surface area contributed by atoms with E-state index < -0.39 is 0 Å². The average molecular weight is 250 g/mol. The monoisotopic (exact) mass is 250 g/mol. The summed E-state index contributed by atoms with van der Waals surface area (Å²) in [5.41, 5.74) is 5.56. The standard InChI is InChI=1S/C15H26N2O/c1-3-15(2,6-7-16)17-14(18)13-11-9-4-5-10(8-9)12(11)13/h9-13H,3-8,16H2,1-2H3,(H,17,18). The SMILES string of the molecule is CCC(C)(CCN)NC(=O)C1C2C3CCC(C3)C12. The minimum absolute atomic E-state index is 0.0955. The number of carbonyl (C=O) groups is 1. The second-order valence-electron chi connectivity index (χ2n) is 6.96. The van der Waals surface area contributed by atoms with Gasteiger partial charge in [-0.1, -0.05) is 6.92 Å². The smallest absolute Gasteiger partial charge is 0.224 e. The number of carbonyl (C=O) groups excluding carboxylic acids is 1. The highest BCUT2D eigenvalue weighted by molar-refractivity contribution is 5.83. The molecular formula is C15H26N2O. The third-order valence-electron chi connectivity index (χ3n) is 5.94. The van der Waals surface area contributed by atoms with E-state index in [9.17, 15) is 4.79 Å². The van der Waals surface area contributed by atoms with Gasteiger partial charge in [-0.05, 0) is 69.2 Å². The van der Waals surface area contributed by atoms with E-state index in [1.165, 1.54) is 19.3 Å². The van der Waals surface area contributed by atoms with Gasteiger partial charge in [-0.2, -0.15) is 0 Å². The molecule has 0 aromatic rings. The summed E-state index contributed by atoms with van der Waals surface area (Å²) < 4.78 is 0. The molecule has 0 aliphatic heterocycles. The molecule has 5 unspecified atom stereocenters. The lowest BCUT2D eigenvalue weighted by Gasteiger charge is -2.29. The molecule has 3 fully saturated rings. The van der Waals surface area contributed by atoms with Crippen molar-refractivity contribution in [2.75, 3.05) is 6.54 Å². The molecule has 18 heavy (non-hydrogen) atoms. The number of nitrogens with two attached hydrogens (primary N) is 1. The Balaban J connectivity index is 1.60. The molecule has 3 aliphatic rings. The summed E-state index contributed by atoms with van der Waals surface area (Å²) in [6.45, 7) is 4.91. The predicted molar refractivity (Wildman–Crippen MR) is 71.8 cm³/mol. The molecule has 2 bridgehead atoms. The number of hydrogen-bond donors (Lipinski definition) is 2. The highest BCUT2D eigenvalue weighted by Crippen LogP contribution is 2.69. The van der Waals surface area contributed by atoms with E-state index in [1.807, 2.05) is 0 Å². The molecule has 0 radical (unpaired) electrons. The third kappa shape index (κ3) is 1.78. The summed E-state index contributed by atoms with van der Waals surface area (Å²) >= 11 is 0. The highest BCUT2D eigenvalue weighted by atomic mass is 16.2. The van der Waals surface area contributed by atoms with Crippen LogP contribution in [0.25, 0.3) is 0 Å². The van der Waals surface area contributed by atoms with Crippen molar-refractivity contribution in [3.8, 4) is 0 Å². The van der Waals surface area contributed by atoms with E-state index in [0.29, 0.717) is 18.4 Å². The number of hydrogen-bond acceptors (Lipinski definition) is 2. The van der Waals surface area contributed by atoms with Crippen LogP contribution in [-0.2, 0) is 4.79 Å². The van der Waals surface area contributed by atoms with Gasteiger partial charge in [0.1, 0.15) is 0 Å². The van der Waals surface area contributed by atoms with Gasteiger partial charge in [-0.3, -0.25) is 4.79 Å². The first-order valence-corrected chi connectivity index (χ1v) is 7.61. The number of nitrogens with one attached hydrogen (secondary N) is 1. The number of rotatable bonds is 5. The van der Waals surface area contributed by atoms with Gasteiger partial charge in [-0.25, -0.2) is 0 Å². The van der Waals surface area contributed by atoms with E-state index in [0.717, 1.165) is 36.5 Å². The van der Waals surface area contributed by atoms with Gasteiger partial charge < -0.3 is 11.1 Å². The van der Waals surface area contributed by atoms with Gasteiger partial charge in [0.25, 0.3) is 0 Å². The van der Waals surface area contributed by atoms with Crippen LogP contribution < -0.4 is 11.1 Å². The summed E-state index contributed by atoms with van der Waals surface area (Å²) in [5.74, 6) is 3.89. The number of fused-ring (bicyclic) bond motifs is 5. The predicted octanol–water partition coefficient (Wildman–Crippen LogP) is 1.91. The lowest BCUT2D eigenvalue weighted by atomic mass is 9.93. The molecule has 3 aliphatic carbocycles. The molecule has 3 rings (SSSR count). The summed E-state index contributed by atoms with van der Waals surface area (Å²) in [6, 6.07) is 0. The van der Waals surface area contributed by atoms with Gasteiger partial charge in [0.05, 0.1) is 0 Å². The summed E-state index contributed by atoms with van der Waals surface area (Å²) in [5, 5.41) is 3.28. The average Bonchev–Trinajstić information content (AvgIpc) is 2.80. The molecule has 3 saturated carbocycles. The van der Waals surface area contributed by atoms with Crippen LogP contribution in [0.3, 0.4) is 0 Å². The quantitative estimate of drug-likeness (QED) is 0.783. The first kappa shape index (κ1) is 12.5. The van der Waals surface area contributed by atoms with Gasteiger partial charge >= 0.3 is 0 Å². The maximum atomic E-state index is 12.4. The van der Waals surface area contributed by atoms with Crippen molar-refractivity contribution >= 4 is 5.91 Å². The minimum Gasteiger partial charge on any atom is -0.351 e. The van der Waals surface area contributed by atoms with E-state index >= 15 is 0 Å². The van der Waals surface area contributed by atoms with Crippen LogP contribution in [0.5, 0.6) is 0 Å². The first-order valence-electron chi connectivity index (χ1n) is 7.61. The Morgan fingerprint density at radius 2 is 1.94 bits per heavy atom.